The Labute approximate surface area is 119 Å². The van der Waals surface area contributed by atoms with Crippen molar-refractivity contribution >= 4 is 5.91 Å². The van der Waals surface area contributed by atoms with Crippen LogP contribution in [0.2, 0.25) is 0 Å². The molecule has 20 heavy (non-hydrogen) atoms. The lowest BCUT2D eigenvalue weighted by atomic mass is 10.1. The molecular formula is C15H23FN2O2. The number of carbonyl (C=O) groups is 1. The lowest BCUT2D eigenvalue weighted by Crippen LogP contribution is -2.44. The molecular weight excluding hydrogens is 259 g/mol. The third-order valence-electron chi connectivity index (χ3n) is 3.04. The Morgan fingerprint density at radius 1 is 1.30 bits per heavy atom. The molecule has 0 aromatic heterocycles. The van der Waals surface area contributed by atoms with Gasteiger partial charge in [-0.15, -0.1) is 0 Å². The summed E-state index contributed by atoms with van der Waals surface area (Å²) in [6.45, 7) is 8.25. The van der Waals surface area contributed by atoms with Crippen LogP contribution in [0.15, 0.2) is 18.2 Å². The molecule has 3 N–H and O–H groups in total. The highest BCUT2D eigenvalue weighted by atomic mass is 19.1. The zero-order valence-corrected chi connectivity index (χ0v) is 12.4. The van der Waals surface area contributed by atoms with Gasteiger partial charge >= 0.3 is 0 Å². The van der Waals surface area contributed by atoms with E-state index in [0.717, 1.165) is 6.07 Å². The number of phenols is 1. The first-order valence-corrected chi connectivity index (χ1v) is 6.83. The molecule has 0 aliphatic heterocycles. The van der Waals surface area contributed by atoms with Crippen molar-refractivity contribution in [1.82, 2.24) is 10.6 Å². The van der Waals surface area contributed by atoms with Crippen LogP contribution in [0.5, 0.6) is 5.75 Å². The van der Waals surface area contributed by atoms with Crippen molar-refractivity contribution in [3.8, 4) is 5.75 Å². The maximum Gasteiger partial charge on any atom is 0.236 e. The van der Waals surface area contributed by atoms with Crippen molar-refractivity contribution in [3.05, 3.63) is 29.6 Å². The van der Waals surface area contributed by atoms with E-state index in [1.165, 1.54) is 12.1 Å². The predicted molar refractivity (Wildman–Crippen MR) is 76.9 cm³/mol. The van der Waals surface area contributed by atoms with Crippen molar-refractivity contribution in [1.29, 1.82) is 0 Å². The van der Waals surface area contributed by atoms with E-state index in [1.54, 1.807) is 6.92 Å². The van der Waals surface area contributed by atoms with E-state index in [4.69, 9.17) is 0 Å². The second-order valence-electron chi connectivity index (χ2n) is 5.45. The number of halogens is 1. The Bertz CT molecular complexity index is 463. The molecule has 0 saturated carbocycles. The minimum absolute atomic E-state index is 0.0906. The van der Waals surface area contributed by atoms with Gasteiger partial charge in [0.15, 0.2) is 0 Å². The molecule has 0 heterocycles. The first kappa shape index (κ1) is 16.4. The molecule has 112 valence electrons. The Hall–Kier alpha value is -1.62. The number of benzene rings is 1. The summed E-state index contributed by atoms with van der Waals surface area (Å²) >= 11 is 0. The normalized spacial score (nSPS) is 14.1. The monoisotopic (exact) mass is 282 g/mol. The molecule has 1 rings (SSSR count). The summed E-state index contributed by atoms with van der Waals surface area (Å²) in [6, 6.07) is 3.22. The molecule has 5 heteroatoms. The Morgan fingerprint density at radius 2 is 1.95 bits per heavy atom. The summed E-state index contributed by atoms with van der Waals surface area (Å²) in [7, 11) is 0. The molecule has 0 spiro atoms. The first-order valence-electron chi connectivity index (χ1n) is 6.83. The fourth-order valence-electron chi connectivity index (χ4n) is 1.88. The second-order valence-corrected chi connectivity index (χ2v) is 5.45. The Kier molecular flexibility index (Phi) is 5.95. The fraction of sp³-hybridized carbons (Fsp3) is 0.533. The molecule has 4 nitrogen and oxygen atoms in total. The number of phenolic OH excluding ortho intramolecular Hbond substituents is 1. The van der Waals surface area contributed by atoms with Crippen LogP contribution in [-0.2, 0) is 4.79 Å². The molecule has 1 aromatic carbocycles. The van der Waals surface area contributed by atoms with Gasteiger partial charge in [-0.05, 0) is 25.8 Å². The summed E-state index contributed by atoms with van der Waals surface area (Å²) in [5.74, 6) is -0.294. The molecule has 2 atom stereocenters. The summed E-state index contributed by atoms with van der Waals surface area (Å²) in [6.07, 6.45) is 0. The van der Waals surface area contributed by atoms with Crippen molar-refractivity contribution in [2.75, 3.05) is 6.54 Å². The Balaban J connectivity index is 2.60. The summed E-state index contributed by atoms with van der Waals surface area (Å²) in [4.78, 5) is 11.9. The molecule has 0 fully saturated rings. The molecule has 1 aromatic rings. The largest absolute Gasteiger partial charge is 0.508 e. The van der Waals surface area contributed by atoms with Crippen LogP contribution in [0, 0.1) is 11.7 Å². The van der Waals surface area contributed by atoms with E-state index in [2.05, 4.69) is 10.6 Å². The van der Waals surface area contributed by atoms with Crippen LogP contribution in [0.4, 0.5) is 4.39 Å². The number of hydrogen-bond donors (Lipinski definition) is 3. The van der Waals surface area contributed by atoms with E-state index in [0.29, 0.717) is 18.0 Å². The van der Waals surface area contributed by atoms with Crippen LogP contribution >= 0.6 is 0 Å². The average Bonchev–Trinajstić information content (AvgIpc) is 2.35. The topological polar surface area (TPSA) is 61.4 Å². The van der Waals surface area contributed by atoms with Crippen LogP contribution in [0.25, 0.3) is 0 Å². The van der Waals surface area contributed by atoms with Gasteiger partial charge in [-0.1, -0.05) is 19.9 Å². The maximum atomic E-state index is 12.9. The molecule has 0 saturated heterocycles. The Morgan fingerprint density at radius 3 is 2.50 bits per heavy atom. The molecule has 1 amide bonds. The van der Waals surface area contributed by atoms with Crippen LogP contribution in [0.1, 0.15) is 39.3 Å². The lowest BCUT2D eigenvalue weighted by Gasteiger charge is -2.21. The number of rotatable bonds is 6. The highest BCUT2D eigenvalue weighted by Gasteiger charge is 2.18. The van der Waals surface area contributed by atoms with E-state index in [1.807, 2.05) is 20.8 Å². The van der Waals surface area contributed by atoms with Gasteiger partial charge in [0.2, 0.25) is 5.91 Å². The number of hydrogen-bond acceptors (Lipinski definition) is 3. The SMILES string of the molecule is CC(C)CNC(=O)C(C)NC(C)c1ccc(F)cc1O. The quantitative estimate of drug-likeness (QED) is 0.750. The number of aromatic hydroxyl groups is 1. The van der Waals surface area contributed by atoms with Crippen molar-refractivity contribution < 1.29 is 14.3 Å². The summed E-state index contributed by atoms with van der Waals surface area (Å²) in [5.41, 5.74) is 0.565. The van der Waals surface area contributed by atoms with Gasteiger partial charge in [-0.2, -0.15) is 0 Å². The van der Waals surface area contributed by atoms with E-state index < -0.39 is 11.9 Å². The average molecular weight is 282 g/mol. The number of amides is 1. The molecule has 2 unspecified atom stereocenters. The van der Waals surface area contributed by atoms with Crippen molar-refractivity contribution in [3.63, 3.8) is 0 Å². The van der Waals surface area contributed by atoms with Gasteiger partial charge in [-0.25, -0.2) is 4.39 Å². The zero-order valence-electron chi connectivity index (χ0n) is 12.4. The molecule has 0 aliphatic rings. The zero-order chi connectivity index (χ0) is 15.3. The van der Waals surface area contributed by atoms with Crippen LogP contribution < -0.4 is 10.6 Å². The number of carbonyl (C=O) groups excluding carboxylic acids is 1. The van der Waals surface area contributed by atoms with Crippen LogP contribution in [0.3, 0.4) is 0 Å². The van der Waals surface area contributed by atoms with Gasteiger partial charge in [0.25, 0.3) is 0 Å². The lowest BCUT2D eigenvalue weighted by molar-refractivity contribution is -0.123. The number of nitrogens with one attached hydrogen (secondary N) is 2. The summed E-state index contributed by atoms with van der Waals surface area (Å²) < 4.78 is 12.9. The van der Waals surface area contributed by atoms with Gasteiger partial charge in [0.1, 0.15) is 11.6 Å². The third kappa shape index (κ3) is 4.81. The van der Waals surface area contributed by atoms with E-state index in [9.17, 15) is 14.3 Å². The van der Waals surface area contributed by atoms with Gasteiger partial charge in [0, 0.05) is 24.2 Å². The predicted octanol–water partition coefficient (Wildman–Crippen LogP) is 2.34. The van der Waals surface area contributed by atoms with E-state index in [-0.39, 0.29) is 17.7 Å². The highest BCUT2D eigenvalue weighted by Crippen LogP contribution is 2.24. The minimum atomic E-state index is -0.485. The standard InChI is InChI=1S/C15H23FN2O2/c1-9(2)8-17-15(20)11(4)18-10(3)13-6-5-12(16)7-14(13)19/h5-7,9-11,18-19H,8H2,1-4H3,(H,17,20). The van der Waals surface area contributed by atoms with Crippen LogP contribution in [-0.4, -0.2) is 23.6 Å². The van der Waals surface area contributed by atoms with Gasteiger partial charge in [-0.3, -0.25) is 10.1 Å². The highest BCUT2D eigenvalue weighted by molar-refractivity contribution is 5.81. The maximum absolute atomic E-state index is 12.9. The van der Waals surface area contributed by atoms with Gasteiger partial charge in [0.05, 0.1) is 6.04 Å². The second kappa shape index (κ2) is 7.24. The fourth-order valence-corrected chi connectivity index (χ4v) is 1.88. The molecule has 0 radical (unpaired) electrons. The molecule has 0 aliphatic carbocycles. The first-order chi connectivity index (χ1) is 9.31. The summed E-state index contributed by atoms with van der Waals surface area (Å²) in [5, 5.41) is 15.6. The minimum Gasteiger partial charge on any atom is -0.508 e. The van der Waals surface area contributed by atoms with E-state index >= 15 is 0 Å². The third-order valence-corrected chi connectivity index (χ3v) is 3.04. The van der Waals surface area contributed by atoms with Crippen molar-refractivity contribution in [2.24, 2.45) is 5.92 Å². The molecule has 0 bridgehead atoms. The smallest absolute Gasteiger partial charge is 0.236 e. The van der Waals surface area contributed by atoms with Crippen molar-refractivity contribution in [2.45, 2.75) is 39.8 Å². The van der Waals surface area contributed by atoms with Gasteiger partial charge < -0.3 is 10.4 Å².